The molecule has 0 aromatic heterocycles. The summed E-state index contributed by atoms with van der Waals surface area (Å²) in [6.07, 6.45) is 1.72. The highest BCUT2D eigenvalue weighted by molar-refractivity contribution is 7.86. The van der Waals surface area contributed by atoms with E-state index in [1.165, 1.54) is 0 Å². The van der Waals surface area contributed by atoms with Crippen molar-refractivity contribution >= 4 is 31.0 Å². The molecule has 0 saturated heterocycles. The van der Waals surface area contributed by atoms with E-state index in [0.29, 0.717) is 0 Å². The molecule has 0 atom stereocenters. The van der Waals surface area contributed by atoms with Gasteiger partial charge in [0.15, 0.2) is 0 Å². The monoisotopic (exact) mass is 304 g/mol. The largest absolute Gasteiger partial charge is 0.496 e. The van der Waals surface area contributed by atoms with Crippen molar-refractivity contribution in [2.75, 3.05) is 14.2 Å². The highest BCUT2D eigenvalue weighted by Gasteiger charge is 2.04. The maximum absolute atomic E-state index is 9.31. The van der Waals surface area contributed by atoms with Crippen LogP contribution in [0.1, 0.15) is 5.56 Å². The molecular weight excluding hydrogens is 292 g/mol. The van der Waals surface area contributed by atoms with Crippen LogP contribution >= 0.6 is 0 Å². The van der Waals surface area contributed by atoms with Crippen molar-refractivity contribution in [1.29, 1.82) is 0 Å². The van der Waals surface area contributed by atoms with E-state index in [0.717, 1.165) is 21.4 Å². The Balaban J connectivity index is 0.000000399. The fourth-order valence-corrected chi connectivity index (χ4v) is 1.58. The van der Waals surface area contributed by atoms with E-state index < -0.39 is 20.6 Å². The molecule has 0 spiro atoms. The summed E-state index contributed by atoms with van der Waals surface area (Å²) in [7, 11) is -2.16. The van der Waals surface area contributed by atoms with Gasteiger partial charge in [-0.2, -0.15) is 16.8 Å². The van der Waals surface area contributed by atoms with Gasteiger partial charge in [-0.25, -0.2) is 0 Å². The first-order valence-corrected chi connectivity index (χ1v) is 6.89. The molecule has 104 valence electrons. The number of hydrogen-bond donors (Lipinski definition) is 0. The molecule has 1 rings (SSSR count). The van der Waals surface area contributed by atoms with Crippen molar-refractivity contribution in [1.82, 2.24) is 0 Å². The zero-order valence-electron chi connectivity index (χ0n) is 10.3. The van der Waals surface area contributed by atoms with E-state index >= 15 is 0 Å². The van der Waals surface area contributed by atoms with E-state index in [2.05, 4.69) is 6.58 Å². The molecule has 0 heterocycles. The lowest BCUT2D eigenvalue weighted by atomic mass is 10.2. The Bertz CT molecular complexity index is 641. The Kier molecular flexibility index (Phi) is 8.03. The molecule has 0 aliphatic rings. The van der Waals surface area contributed by atoms with Crippen molar-refractivity contribution < 1.29 is 26.3 Å². The predicted octanol–water partition coefficient (Wildman–Crippen LogP) is 0.728. The molecule has 0 fully saturated rings. The summed E-state index contributed by atoms with van der Waals surface area (Å²) in [4.78, 5) is 0. The highest BCUT2D eigenvalue weighted by atomic mass is 32.2. The van der Waals surface area contributed by atoms with Gasteiger partial charge in [-0.15, -0.1) is 0 Å². The smallest absolute Gasteiger partial charge is 0.276 e. The van der Waals surface area contributed by atoms with Crippen LogP contribution in [0, 0.1) is 0 Å². The molecule has 8 heteroatoms. The van der Waals surface area contributed by atoms with Crippen LogP contribution in [-0.2, 0) is 20.6 Å². The number of ether oxygens (including phenoxy) is 2. The van der Waals surface area contributed by atoms with Gasteiger partial charge in [0.05, 0.1) is 19.8 Å². The van der Waals surface area contributed by atoms with E-state index in [4.69, 9.17) is 9.47 Å². The van der Waals surface area contributed by atoms with Crippen LogP contribution in [0.15, 0.2) is 24.8 Å². The molecule has 0 amide bonds. The van der Waals surface area contributed by atoms with Gasteiger partial charge in [0.25, 0.3) is 20.6 Å². The van der Waals surface area contributed by atoms with Gasteiger partial charge in [-0.05, 0) is 12.1 Å². The maximum Gasteiger partial charge on any atom is 0.276 e. The fraction of sp³-hybridized carbons (Fsp3) is 0.182. The lowest BCUT2D eigenvalue weighted by molar-refractivity contribution is 0.392. The Morgan fingerprint density at radius 2 is 1.47 bits per heavy atom. The van der Waals surface area contributed by atoms with Crippen molar-refractivity contribution in [2.45, 2.75) is 0 Å². The summed E-state index contributed by atoms with van der Waals surface area (Å²) < 4.78 is 48.6. The number of hydrogen-bond acceptors (Lipinski definition) is 6. The standard InChI is InChI=1S/C10H12O2.CO4S2/c1-4-8-9(11-2)6-5-7-10(8)12-3;2-6(3)1-7(4)5/h4-7H,1H2,2-3H3;. The minimum absolute atomic E-state index is 0.782. The maximum atomic E-state index is 9.31. The second-order valence-electron chi connectivity index (χ2n) is 2.83. The molecule has 6 nitrogen and oxygen atoms in total. The van der Waals surface area contributed by atoms with Gasteiger partial charge >= 0.3 is 0 Å². The van der Waals surface area contributed by atoms with Crippen LogP contribution < -0.4 is 9.47 Å². The average molecular weight is 304 g/mol. The molecule has 0 radical (unpaired) electrons. The minimum Gasteiger partial charge on any atom is -0.496 e. The third kappa shape index (κ3) is 6.46. The molecule has 0 bridgehead atoms. The van der Waals surface area contributed by atoms with Crippen molar-refractivity contribution in [3.8, 4) is 11.5 Å². The number of rotatable bonds is 3. The lowest BCUT2D eigenvalue weighted by Gasteiger charge is -2.08. The van der Waals surface area contributed by atoms with Crippen molar-refractivity contribution in [2.24, 2.45) is 0 Å². The lowest BCUT2D eigenvalue weighted by Crippen LogP contribution is -1.91. The third-order valence-corrected chi connectivity index (χ3v) is 2.89. The first-order chi connectivity index (χ1) is 8.96. The van der Waals surface area contributed by atoms with E-state index in [9.17, 15) is 16.8 Å². The van der Waals surface area contributed by atoms with Gasteiger partial charge in [0, 0.05) is 0 Å². The summed E-state index contributed by atoms with van der Waals surface area (Å²) in [6.45, 7) is 3.69. The summed E-state index contributed by atoms with van der Waals surface area (Å²) in [6, 6.07) is 5.63. The Hall–Kier alpha value is -2.02. The van der Waals surface area contributed by atoms with Crippen LogP contribution in [0.5, 0.6) is 11.5 Å². The molecule has 0 aliphatic heterocycles. The topological polar surface area (TPSA) is 86.7 Å². The molecule has 19 heavy (non-hydrogen) atoms. The second kappa shape index (κ2) is 8.98. The number of methoxy groups -OCH3 is 2. The molecule has 1 aromatic carbocycles. The third-order valence-electron chi connectivity index (χ3n) is 1.81. The second-order valence-corrected chi connectivity index (χ2v) is 4.44. The summed E-state index contributed by atoms with van der Waals surface area (Å²) in [5.74, 6) is 1.56. The summed E-state index contributed by atoms with van der Waals surface area (Å²) in [5, 5.41) is 0. The molecule has 1 aromatic rings. The summed E-state index contributed by atoms with van der Waals surface area (Å²) >= 11 is 0. The zero-order chi connectivity index (χ0) is 14.8. The van der Waals surface area contributed by atoms with Gasteiger partial charge in [-0.3, -0.25) is 0 Å². The van der Waals surface area contributed by atoms with Crippen molar-refractivity contribution in [3.05, 3.63) is 30.3 Å². The van der Waals surface area contributed by atoms with E-state index in [-0.39, 0.29) is 0 Å². The van der Waals surface area contributed by atoms with Crippen LogP contribution in [0.2, 0.25) is 0 Å². The van der Waals surface area contributed by atoms with Gasteiger partial charge in [-0.1, -0.05) is 18.7 Å². The van der Waals surface area contributed by atoms with Gasteiger partial charge in [0.1, 0.15) is 15.8 Å². The Labute approximate surface area is 114 Å². The molecule has 0 aliphatic carbocycles. The first kappa shape index (κ1) is 17.0. The highest BCUT2D eigenvalue weighted by Crippen LogP contribution is 2.28. The normalized spacial score (nSPS) is 8.32. The quantitative estimate of drug-likeness (QED) is 0.765. The van der Waals surface area contributed by atoms with Crippen molar-refractivity contribution in [3.63, 3.8) is 0 Å². The van der Waals surface area contributed by atoms with Crippen LogP contribution in [-0.4, -0.2) is 35.4 Å². The van der Waals surface area contributed by atoms with Crippen LogP contribution in [0.3, 0.4) is 0 Å². The fourth-order valence-electron chi connectivity index (χ4n) is 1.14. The first-order valence-electron chi connectivity index (χ1n) is 4.74. The SMILES string of the molecule is C=Cc1c(OC)cccc1OC.O=S(=O)=C=S(=O)=O. The zero-order valence-corrected chi connectivity index (χ0v) is 11.9. The van der Waals surface area contributed by atoms with E-state index in [1.807, 2.05) is 18.2 Å². The van der Waals surface area contributed by atoms with E-state index in [1.54, 1.807) is 20.3 Å². The molecule has 0 unspecified atom stereocenters. The van der Waals surface area contributed by atoms with Gasteiger partial charge < -0.3 is 9.47 Å². The summed E-state index contributed by atoms with van der Waals surface area (Å²) in [5.41, 5.74) is 0.891. The molecule has 0 saturated carbocycles. The molecule has 0 N–H and O–H groups in total. The van der Waals surface area contributed by atoms with Crippen LogP contribution in [0.25, 0.3) is 6.08 Å². The average Bonchev–Trinajstić information content (AvgIpc) is 2.36. The Morgan fingerprint density at radius 3 is 1.68 bits per heavy atom. The minimum atomic E-state index is -2.71. The van der Waals surface area contributed by atoms with Crippen LogP contribution in [0.4, 0.5) is 0 Å². The number of benzene rings is 1. The molecular formula is C11H12O6S2. The Morgan fingerprint density at radius 1 is 1.05 bits per heavy atom. The van der Waals surface area contributed by atoms with Gasteiger partial charge in [0.2, 0.25) is 0 Å². The predicted molar refractivity (Wildman–Crippen MR) is 72.5 cm³/mol.